The molecule has 0 amide bonds. The number of nitrogens with zero attached hydrogens (tertiary/aromatic N) is 1. The predicted octanol–water partition coefficient (Wildman–Crippen LogP) is 4.49. The maximum atomic E-state index is 9.49. The van der Waals surface area contributed by atoms with Crippen LogP contribution in [0.15, 0.2) is 48.5 Å². The molecule has 104 valence electrons. The zero-order valence-electron chi connectivity index (χ0n) is 11.8. The normalized spacial score (nSPS) is 14.1. The lowest BCUT2D eigenvalue weighted by Crippen LogP contribution is -2.07. The number of hydrogen-bond donors (Lipinski definition) is 1. The summed E-state index contributed by atoms with van der Waals surface area (Å²) < 4.78 is 0. The van der Waals surface area contributed by atoms with E-state index in [-0.39, 0.29) is 0 Å². The molecule has 1 aliphatic carbocycles. The number of hydrogen-bond acceptors (Lipinski definition) is 2. The quantitative estimate of drug-likeness (QED) is 0.710. The number of pyridine rings is 1. The van der Waals surface area contributed by atoms with Gasteiger partial charge in [0, 0.05) is 10.9 Å². The van der Waals surface area contributed by atoms with Gasteiger partial charge in [0.15, 0.2) is 0 Å². The van der Waals surface area contributed by atoms with Crippen molar-refractivity contribution in [3.05, 3.63) is 59.7 Å². The van der Waals surface area contributed by atoms with Gasteiger partial charge >= 0.3 is 0 Å². The van der Waals surface area contributed by atoms with E-state index in [4.69, 9.17) is 4.98 Å². The molecule has 3 aromatic rings. The Bertz CT molecular complexity index is 806. The highest BCUT2D eigenvalue weighted by atomic mass is 16.3. The Morgan fingerprint density at radius 1 is 0.810 bits per heavy atom. The van der Waals surface area contributed by atoms with E-state index in [1.807, 2.05) is 18.2 Å². The summed E-state index contributed by atoms with van der Waals surface area (Å²) in [6.07, 6.45) is 4.74. The van der Waals surface area contributed by atoms with Crippen LogP contribution in [0.5, 0.6) is 5.75 Å². The number of phenols is 1. The second-order valence-corrected chi connectivity index (χ2v) is 5.69. The third-order valence-corrected chi connectivity index (χ3v) is 4.36. The second kappa shape index (κ2) is 4.88. The van der Waals surface area contributed by atoms with Gasteiger partial charge < -0.3 is 5.11 Å². The lowest BCUT2D eigenvalue weighted by atomic mass is 9.86. The molecule has 1 N–H and O–H groups in total. The third kappa shape index (κ3) is 2.07. The summed E-state index contributed by atoms with van der Waals surface area (Å²) in [5, 5.41) is 10.8. The molecule has 0 bridgehead atoms. The van der Waals surface area contributed by atoms with Gasteiger partial charge in [-0.1, -0.05) is 18.2 Å². The van der Waals surface area contributed by atoms with E-state index in [0.717, 1.165) is 29.6 Å². The van der Waals surface area contributed by atoms with Gasteiger partial charge in [0.25, 0.3) is 0 Å². The molecule has 21 heavy (non-hydrogen) atoms. The lowest BCUT2D eigenvalue weighted by molar-refractivity contribution is 0.475. The highest BCUT2D eigenvalue weighted by Gasteiger charge is 2.18. The number of benzene rings is 2. The van der Waals surface area contributed by atoms with Gasteiger partial charge in [-0.3, -0.25) is 0 Å². The Balaban J connectivity index is 2.02. The van der Waals surface area contributed by atoms with E-state index in [2.05, 4.69) is 18.2 Å². The zero-order valence-corrected chi connectivity index (χ0v) is 11.8. The molecule has 1 aliphatic rings. The summed E-state index contributed by atoms with van der Waals surface area (Å²) in [5.74, 6) is 0.299. The number of phenolic OH excluding ortho intramolecular Hbond substituents is 1. The Morgan fingerprint density at radius 2 is 1.52 bits per heavy atom. The summed E-state index contributed by atoms with van der Waals surface area (Å²) in [6, 6.07) is 15.8. The van der Waals surface area contributed by atoms with Crippen molar-refractivity contribution in [1.82, 2.24) is 4.98 Å². The minimum Gasteiger partial charge on any atom is -0.508 e. The monoisotopic (exact) mass is 275 g/mol. The van der Waals surface area contributed by atoms with Crippen LogP contribution >= 0.6 is 0 Å². The zero-order chi connectivity index (χ0) is 14.2. The number of rotatable bonds is 1. The van der Waals surface area contributed by atoms with Crippen LogP contribution in [0.1, 0.15) is 24.0 Å². The minimum atomic E-state index is 0.299. The number of fused-ring (bicyclic) bond motifs is 3. The maximum Gasteiger partial charge on any atom is 0.115 e. The van der Waals surface area contributed by atoms with Crippen LogP contribution in [-0.4, -0.2) is 10.1 Å². The predicted molar refractivity (Wildman–Crippen MR) is 85.5 cm³/mol. The lowest BCUT2D eigenvalue weighted by Gasteiger charge is -2.21. The maximum absolute atomic E-state index is 9.49. The third-order valence-electron chi connectivity index (χ3n) is 4.36. The molecule has 0 atom stereocenters. The molecule has 1 heterocycles. The van der Waals surface area contributed by atoms with Crippen molar-refractivity contribution in [2.24, 2.45) is 0 Å². The number of aryl methyl sites for hydroxylation is 1. The van der Waals surface area contributed by atoms with Gasteiger partial charge in [0.05, 0.1) is 11.2 Å². The topological polar surface area (TPSA) is 33.1 Å². The standard InChI is InChI=1S/C19H17NO/c21-14-11-9-13(10-12-14)19-17-7-2-1-5-15(17)16-6-3-4-8-18(16)20-19/h3-4,6,8-12,21H,1-2,5,7H2. The van der Waals surface area contributed by atoms with Crippen molar-refractivity contribution >= 4 is 10.9 Å². The Morgan fingerprint density at radius 3 is 2.33 bits per heavy atom. The van der Waals surface area contributed by atoms with Crippen LogP contribution in [0, 0.1) is 0 Å². The van der Waals surface area contributed by atoms with Gasteiger partial charge in [0.1, 0.15) is 5.75 Å². The fraction of sp³-hybridized carbons (Fsp3) is 0.211. The van der Waals surface area contributed by atoms with Crippen LogP contribution in [0.2, 0.25) is 0 Å². The van der Waals surface area contributed by atoms with Gasteiger partial charge in [-0.25, -0.2) is 4.98 Å². The van der Waals surface area contributed by atoms with Crippen LogP contribution in [0.3, 0.4) is 0 Å². The fourth-order valence-electron chi connectivity index (χ4n) is 3.34. The highest BCUT2D eigenvalue weighted by molar-refractivity contribution is 5.87. The molecule has 2 aromatic carbocycles. The molecule has 0 radical (unpaired) electrons. The van der Waals surface area contributed by atoms with Crippen molar-refractivity contribution in [2.75, 3.05) is 0 Å². The summed E-state index contributed by atoms with van der Waals surface area (Å²) in [7, 11) is 0. The first-order chi connectivity index (χ1) is 10.3. The first kappa shape index (κ1) is 12.4. The van der Waals surface area contributed by atoms with E-state index in [1.54, 1.807) is 12.1 Å². The first-order valence-electron chi connectivity index (χ1n) is 7.53. The molecule has 0 spiro atoms. The van der Waals surface area contributed by atoms with E-state index in [9.17, 15) is 5.11 Å². The highest BCUT2D eigenvalue weighted by Crippen LogP contribution is 2.35. The molecule has 4 rings (SSSR count). The van der Waals surface area contributed by atoms with Crippen molar-refractivity contribution in [2.45, 2.75) is 25.7 Å². The molecule has 0 unspecified atom stereocenters. The average Bonchev–Trinajstić information content (AvgIpc) is 2.55. The van der Waals surface area contributed by atoms with Gasteiger partial charge in [0.2, 0.25) is 0 Å². The fourth-order valence-corrected chi connectivity index (χ4v) is 3.34. The molecular formula is C19H17NO. The number of aromatic nitrogens is 1. The van der Waals surface area contributed by atoms with Crippen LogP contribution < -0.4 is 0 Å². The smallest absolute Gasteiger partial charge is 0.115 e. The molecular weight excluding hydrogens is 258 g/mol. The average molecular weight is 275 g/mol. The molecule has 1 aromatic heterocycles. The van der Waals surface area contributed by atoms with Gasteiger partial charge in [-0.05, 0) is 67.1 Å². The van der Waals surface area contributed by atoms with E-state index in [1.165, 1.54) is 29.4 Å². The molecule has 0 aliphatic heterocycles. The van der Waals surface area contributed by atoms with E-state index in [0.29, 0.717) is 5.75 Å². The Kier molecular flexibility index (Phi) is 2.88. The summed E-state index contributed by atoms with van der Waals surface area (Å²) in [6.45, 7) is 0. The summed E-state index contributed by atoms with van der Waals surface area (Å²) in [5.41, 5.74) is 6.11. The molecule has 0 saturated heterocycles. The van der Waals surface area contributed by atoms with Gasteiger partial charge in [-0.15, -0.1) is 0 Å². The Hall–Kier alpha value is -2.35. The van der Waals surface area contributed by atoms with Crippen molar-refractivity contribution in [3.8, 4) is 17.0 Å². The molecule has 2 heteroatoms. The largest absolute Gasteiger partial charge is 0.508 e. The van der Waals surface area contributed by atoms with E-state index < -0.39 is 0 Å². The summed E-state index contributed by atoms with van der Waals surface area (Å²) in [4.78, 5) is 4.91. The van der Waals surface area contributed by atoms with Crippen molar-refractivity contribution in [1.29, 1.82) is 0 Å². The molecule has 0 saturated carbocycles. The SMILES string of the molecule is Oc1ccc(-c2nc3ccccc3c3c2CCCC3)cc1. The van der Waals surface area contributed by atoms with Crippen LogP contribution in [0.4, 0.5) is 0 Å². The van der Waals surface area contributed by atoms with Crippen molar-refractivity contribution < 1.29 is 5.11 Å². The number of aromatic hydroxyl groups is 1. The molecule has 0 fully saturated rings. The first-order valence-corrected chi connectivity index (χ1v) is 7.53. The van der Waals surface area contributed by atoms with Crippen LogP contribution in [0.25, 0.3) is 22.2 Å². The minimum absolute atomic E-state index is 0.299. The van der Waals surface area contributed by atoms with Crippen molar-refractivity contribution in [3.63, 3.8) is 0 Å². The van der Waals surface area contributed by atoms with E-state index >= 15 is 0 Å². The summed E-state index contributed by atoms with van der Waals surface area (Å²) >= 11 is 0. The van der Waals surface area contributed by atoms with Crippen LogP contribution in [-0.2, 0) is 12.8 Å². The van der Waals surface area contributed by atoms with Gasteiger partial charge in [-0.2, -0.15) is 0 Å². The Labute approximate surface area is 124 Å². The second-order valence-electron chi connectivity index (χ2n) is 5.69. The molecule has 2 nitrogen and oxygen atoms in total. The number of para-hydroxylation sites is 1.